The molecule has 0 spiro atoms. The molecule has 0 bridgehead atoms. The molecule has 5 nitrogen and oxygen atoms in total. The average Bonchev–Trinajstić information content (AvgIpc) is 2.38. The SMILES string of the molecule is CC(C)N1CCCC(c2ncncc2S(C)(=O)=O)C1. The molecule has 1 unspecified atom stereocenters. The number of hydrogen-bond acceptors (Lipinski definition) is 5. The molecular weight excluding hydrogens is 262 g/mol. The van der Waals surface area contributed by atoms with E-state index >= 15 is 0 Å². The summed E-state index contributed by atoms with van der Waals surface area (Å²) < 4.78 is 23.6. The molecule has 19 heavy (non-hydrogen) atoms. The number of likely N-dealkylation sites (tertiary alicyclic amines) is 1. The van der Waals surface area contributed by atoms with Gasteiger partial charge in [-0.15, -0.1) is 0 Å². The maximum atomic E-state index is 11.8. The first-order chi connectivity index (χ1) is 8.89. The smallest absolute Gasteiger partial charge is 0.178 e. The van der Waals surface area contributed by atoms with E-state index in [1.165, 1.54) is 18.8 Å². The van der Waals surface area contributed by atoms with Gasteiger partial charge in [-0.3, -0.25) is 0 Å². The molecule has 0 radical (unpaired) electrons. The second kappa shape index (κ2) is 5.54. The molecule has 1 aromatic heterocycles. The van der Waals surface area contributed by atoms with Gasteiger partial charge in [-0.25, -0.2) is 18.4 Å². The maximum absolute atomic E-state index is 11.8. The summed E-state index contributed by atoms with van der Waals surface area (Å²) in [5.74, 6) is 0.184. The monoisotopic (exact) mass is 283 g/mol. The summed E-state index contributed by atoms with van der Waals surface area (Å²) in [4.78, 5) is 10.8. The third kappa shape index (κ3) is 3.30. The van der Waals surface area contributed by atoms with Crippen molar-refractivity contribution in [1.82, 2.24) is 14.9 Å². The van der Waals surface area contributed by atoms with Crippen LogP contribution in [0.2, 0.25) is 0 Å². The Balaban J connectivity index is 2.32. The van der Waals surface area contributed by atoms with Gasteiger partial charge >= 0.3 is 0 Å². The van der Waals surface area contributed by atoms with Gasteiger partial charge in [0.15, 0.2) is 9.84 Å². The highest BCUT2D eigenvalue weighted by Gasteiger charge is 2.28. The predicted octanol–water partition coefficient (Wildman–Crippen LogP) is 1.47. The zero-order valence-corrected chi connectivity index (χ0v) is 12.5. The minimum Gasteiger partial charge on any atom is -0.300 e. The summed E-state index contributed by atoms with van der Waals surface area (Å²) in [6.45, 7) is 6.28. The predicted molar refractivity (Wildman–Crippen MR) is 73.8 cm³/mol. The first kappa shape index (κ1) is 14.4. The van der Waals surface area contributed by atoms with E-state index < -0.39 is 9.84 Å². The van der Waals surface area contributed by atoms with Crippen molar-refractivity contribution in [2.75, 3.05) is 19.3 Å². The van der Waals surface area contributed by atoms with Gasteiger partial charge in [0.2, 0.25) is 0 Å². The van der Waals surface area contributed by atoms with Crippen LogP contribution in [0.1, 0.15) is 38.3 Å². The lowest BCUT2D eigenvalue weighted by Gasteiger charge is -2.35. The third-order valence-corrected chi connectivity index (χ3v) is 4.79. The molecule has 0 aliphatic carbocycles. The minimum atomic E-state index is -3.26. The van der Waals surface area contributed by atoms with Gasteiger partial charge in [0, 0.05) is 31.0 Å². The number of sulfone groups is 1. The minimum absolute atomic E-state index is 0.184. The summed E-state index contributed by atoms with van der Waals surface area (Å²) in [7, 11) is -3.26. The van der Waals surface area contributed by atoms with Crippen molar-refractivity contribution >= 4 is 9.84 Å². The Labute approximate surface area is 115 Å². The number of rotatable bonds is 3. The number of nitrogens with zero attached hydrogens (tertiary/aromatic N) is 3. The van der Waals surface area contributed by atoms with Crippen molar-refractivity contribution in [3.63, 3.8) is 0 Å². The highest BCUT2D eigenvalue weighted by atomic mass is 32.2. The quantitative estimate of drug-likeness (QED) is 0.840. The van der Waals surface area contributed by atoms with E-state index in [9.17, 15) is 8.42 Å². The Morgan fingerprint density at radius 1 is 1.42 bits per heavy atom. The van der Waals surface area contributed by atoms with Crippen molar-refractivity contribution < 1.29 is 8.42 Å². The maximum Gasteiger partial charge on any atom is 0.178 e. The van der Waals surface area contributed by atoms with Crippen LogP contribution < -0.4 is 0 Å². The van der Waals surface area contributed by atoms with Crippen LogP contribution in [0, 0.1) is 0 Å². The topological polar surface area (TPSA) is 63.2 Å². The molecule has 1 saturated heterocycles. The molecule has 1 atom stereocenters. The molecule has 1 aliphatic rings. The normalized spacial score (nSPS) is 21.8. The molecular formula is C13H21N3O2S. The lowest BCUT2D eigenvalue weighted by atomic mass is 9.94. The summed E-state index contributed by atoms with van der Waals surface area (Å²) >= 11 is 0. The van der Waals surface area contributed by atoms with Crippen molar-refractivity contribution in [2.24, 2.45) is 0 Å². The first-order valence-electron chi connectivity index (χ1n) is 6.63. The molecule has 2 heterocycles. The van der Waals surface area contributed by atoms with Gasteiger partial charge in [0.1, 0.15) is 11.2 Å². The summed E-state index contributed by atoms with van der Waals surface area (Å²) in [6.07, 6.45) is 6.15. The van der Waals surface area contributed by atoms with Crippen LogP contribution in [-0.4, -0.2) is 48.7 Å². The van der Waals surface area contributed by atoms with Crippen molar-refractivity contribution in [3.8, 4) is 0 Å². The fourth-order valence-electron chi connectivity index (χ4n) is 2.62. The van der Waals surface area contributed by atoms with Gasteiger partial charge in [-0.05, 0) is 33.2 Å². The van der Waals surface area contributed by atoms with E-state index in [1.54, 1.807) is 0 Å². The molecule has 0 aromatic carbocycles. The van der Waals surface area contributed by atoms with E-state index in [0.717, 1.165) is 25.9 Å². The number of hydrogen-bond donors (Lipinski definition) is 0. The van der Waals surface area contributed by atoms with Crippen molar-refractivity contribution in [2.45, 2.75) is 43.5 Å². The van der Waals surface area contributed by atoms with Crippen molar-refractivity contribution in [3.05, 3.63) is 18.2 Å². The van der Waals surface area contributed by atoms with Crippen LogP contribution >= 0.6 is 0 Å². The zero-order chi connectivity index (χ0) is 14.0. The Morgan fingerprint density at radius 3 is 2.79 bits per heavy atom. The largest absolute Gasteiger partial charge is 0.300 e. The van der Waals surface area contributed by atoms with Crippen LogP contribution in [0.3, 0.4) is 0 Å². The van der Waals surface area contributed by atoms with E-state index in [2.05, 4.69) is 28.7 Å². The number of aromatic nitrogens is 2. The van der Waals surface area contributed by atoms with Crippen LogP contribution in [0.4, 0.5) is 0 Å². The molecule has 1 fully saturated rings. The fourth-order valence-corrected chi connectivity index (χ4v) is 3.47. The van der Waals surface area contributed by atoms with Gasteiger partial charge in [-0.2, -0.15) is 0 Å². The third-order valence-electron chi connectivity index (χ3n) is 3.68. The van der Waals surface area contributed by atoms with Gasteiger partial charge in [0.05, 0.1) is 5.69 Å². The Hall–Kier alpha value is -1.01. The van der Waals surface area contributed by atoms with E-state index in [-0.39, 0.29) is 10.8 Å². The first-order valence-corrected chi connectivity index (χ1v) is 8.52. The van der Waals surface area contributed by atoms with Gasteiger partial charge < -0.3 is 4.90 Å². The number of piperidine rings is 1. The lowest BCUT2D eigenvalue weighted by Crippen LogP contribution is -2.39. The molecule has 0 saturated carbocycles. The van der Waals surface area contributed by atoms with Crippen LogP contribution in [0.5, 0.6) is 0 Å². The van der Waals surface area contributed by atoms with E-state index in [4.69, 9.17) is 0 Å². The Morgan fingerprint density at radius 2 is 2.16 bits per heavy atom. The van der Waals surface area contributed by atoms with Crippen LogP contribution in [0.15, 0.2) is 17.4 Å². The van der Waals surface area contributed by atoms with Crippen LogP contribution in [0.25, 0.3) is 0 Å². The van der Waals surface area contributed by atoms with Crippen molar-refractivity contribution in [1.29, 1.82) is 0 Å². The molecule has 106 valence electrons. The van der Waals surface area contributed by atoms with E-state index in [1.807, 2.05) is 0 Å². The van der Waals surface area contributed by atoms with Gasteiger partial charge in [-0.1, -0.05) is 0 Å². The summed E-state index contributed by atoms with van der Waals surface area (Å²) in [6, 6.07) is 0.478. The van der Waals surface area contributed by atoms with Gasteiger partial charge in [0.25, 0.3) is 0 Å². The Bertz CT molecular complexity index is 543. The zero-order valence-electron chi connectivity index (χ0n) is 11.7. The summed E-state index contributed by atoms with van der Waals surface area (Å²) in [5, 5.41) is 0. The Kier molecular flexibility index (Phi) is 4.20. The molecule has 1 aliphatic heterocycles. The average molecular weight is 283 g/mol. The molecule has 0 N–H and O–H groups in total. The highest BCUT2D eigenvalue weighted by Crippen LogP contribution is 2.30. The lowest BCUT2D eigenvalue weighted by molar-refractivity contribution is 0.165. The van der Waals surface area contributed by atoms with Crippen LogP contribution in [-0.2, 0) is 9.84 Å². The molecule has 6 heteroatoms. The highest BCUT2D eigenvalue weighted by molar-refractivity contribution is 7.90. The molecule has 0 amide bonds. The fraction of sp³-hybridized carbons (Fsp3) is 0.692. The molecule has 2 rings (SSSR count). The van der Waals surface area contributed by atoms with E-state index in [0.29, 0.717) is 11.7 Å². The standard InChI is InChI=1S/C13H21N3O2S/c1-10(2)16-6-4-5-11(8-16)13-12(19(3,17)18)7-14-9-15-13/h7,9-11H,4-6,8H2,1-3H3. The second-order valence-corrected chi connectivity index (χ2v) is 7.46. The second-order valence-electron chi connectivity index (χ2n) is 5.47. The molecule has 1 aromatic rings. The summed E-state index contributed by atoms with van der Waals surface area (Å²) in [5.41, 5.74) is 0.683.